The highest BCUT2D eigenvalue weighted by atomic mass is 16.1. The summed E-state index contributed by atoms with van der Waals surface area (Å²) >= 11 is 0. The van der Waals surface area contributed by atoms with Crippen LogP contribution < -0.4 is 5.32 Å². The SMILES string of the molecule is C#CCNC(=O)c1cccc2cn[nH]c12. The Hall–Kier alpha value is -2.28. The third-order valence-electron chi connectivity index (χ3n) is 2.07. The van der Waals surface area contributed by atoms with Crippen molar-refractivity contribution in [1.29, 1.82) is 0 Å². The van der Waals surface area contributed by atoms with E-state index < -0.39 is 0 Å². The van der Waals surface area contributed by atoms with Gasteiger partial charge in [-0.25, -0.2) is 0 Å². The Bertz CT molecular complexity index is 536. The molecule has 4 heteroatoms. The Labute approximate surface area is 86.7 Å². The molecule has 74 valence electrons. The number of benzene rings is 1. The minimum absolute atomic E-state index is 0.192. The number of carbonyl (C=O) groups excluding carboxylic acids is 1. The largest absolute Gasteiger partial charge is 0.341 e. The Morgan fingerprint density at radius 3 is 3.27 bits per heavy atom. The van der Waals surface area contributed by atoms with E-state index in [1.807, 2.05) is 12.1 Å². The summed E-state index contributed by atoms with van der Waals surface area (Å²) in [6.07, 6.45) is 6.74. The van der Waals surface area contributed by atoms with Gasteiger partial charge in [0.15, 0.2) is 0 Å². The van der Waals surface area contributed by atoms with Gasteiger partial charge in [-0.1, -0.05) is 18.1 Å². The lowest BCUT2D eigenvalue weighted by atomic mass is 10.1. The number of H-pyrrole nitrogens is 1. The van der Waals surface area contributed by atoms with Crippen LogP contribution in [0.3, 0.4) is 0 Å². The average molecular weight is 199 g/mol. The molecule has 1 aromatic carbocycles. The zero-order chi connectivity index (χ0) is 10.7. The van der Waals surface area contributed by atoms with Gasteiger partial charge in [-0.15, -0.1) is 6.42 Å². The van der Waals surface area contributed by atoms with Crippen molar-refractivity contribution in [3.63, 3.8) is 0 Å². The predicted octanol–water partition coefficient (Wildman–Crippen LogP) is 0.926. The molecule has 0 fully saturated rings. The van der Waals surface area contributed by atoms with Crippen molar-refractivity contribution >= 4 is 16.8 Å². The summed E-state index contributed by atoms with van der Waals surface area (Å²) in [7, 11) is 0. The van der Waals surface area contributed by atoms with Gasteiger partial charge in [-0.2, -0.15) is 5.10 Å². The van der Waals surface area contributed by atoms with E-state index in [1.54, 1.807) is 12.3 Å². The molecule has 0 unspecified atom stereocenters. The van der Waals surface area contributed by atoms with Crippen molar-refractivity contribution in [1.82, 2.24) is 15.5 Å². The Balaban J connectivity index is 2.39. The van der Waals surface area contributed by atoms with Gasteiger partial charge in [0.25, 0.3) is 5.91 Å². The number of aromatic nitrogens is 2. The molecular formula is C11H9N3O. The maximum absolute atomic E-state index is 11.7. The molecule has 0 bridgehead atoms. The maximum atomic E-state index is 11.7. The van der Waals surface area contributed by atoms with Crippen LogP contribution in [0.1, 0.15) is 10.4 Å². The van der Waals surface area contributed by atoms with Crippen molar-refractivity contribution in [2.75, 3.05) is 6.54 Å². The van der Waals surface area contributed by atoms with Gasteiger partial charge < -0.3 is 5.32 Å². The highest BCUT2D eigenvalue weighted by Crippen LogP contribution is 2.14. The van der Waals surface area contributed by atoms with Crippen LogP contribution in [0.2, 0.25) is 0 Å². The predicted molar refractivity (Wildman–Crippen MR) is 57.3 cm³/mol. The first-order valence-electron chi connectivity index (χ1n) is 4.46. The second-order valence-electron chi connectivity index (χ2n) is 3.03. The van der Waals surface area contributed by atoms with Crippen LogP contribution in [0.4, 0.5) is 0 Å². The second kappa shape index (κ2) is 3.84. The molecule has 15 heavy (non-hydrogen) atoms. The number of nitrogens with one attached hydrogen (secondary N) is 2. The van der Waals surface area contributed by atoms with E-state index in [-0.39, 0.29) is 12.5 Å². The van der Waals surface area contributed by atoms with Crippen LogP contribution in [0.15, 0.2) is 24.4 Å². The fourth-order valence-corrected chi connectivity index (χ4v) is 1.38. The van der Waals surface area contributed by atoms with Crippen molar-refractivity contribution in [2.24, 2.45) is 0 Å². The Morgan fingerprint density at radius 2 is 2.47 bits per heavy atom. The van der Waals surface area contributed by atoms with Crippen molar-refractivity contribution < 1.29 is 4.79 Å². The van der Waals surface area contributed by atoms with Crippen LogP contribution in [0.25, 0.3) is 10.9 Å². The molecule has 2 N–H and O–H groups in total. The molecule has 0 saturated carbocycles. The zero-order valence-corrected chi connectivity index (χ0v) is 7.95. The standard InChI is InChI=1S/C11H9N3O/c1-2-6-12-11(15)9-5-3-4-8-7-13-14-10(8)9/h1,3-5,7H,6H2,(H,12,15)(H,13,14). The van der Waals surface area contributed by atoms with Gasteiger partial charge in [0.05, 0.1) is 23.8 Å². The molecule has 0 aliphatic heterocycles. The molecule has 1 amide bonds. The molecule has 1 aromatic heterocycles. The van der Waals surface area contributed by atoms with Gasteiger partial charge in [0, 0.05) is 5.39 Å². The number of hydrogen-bond acceptors (Lipinski definition) is 2. The lowest BCUT2D eigenvalue weighted by Crippen LogP contribution is -2.23. The topological polar surface area (TPSA) is 57.8 Å². The highest BCUT2D eigenvalue weighted by Gasteiger charge is 2.09. The number of fused-ring (bicyclic) bond motifs is 1. The van der Waals surface area contributed by atoms with Gasteiger partial charge in [0.2, 0.25) is 0 Å². The number of carbonyl (C=O) groups is 1. The summed E-state index contributed by atoms with van der Waals surface area (Å²) in [6.45, 7) is 0.226. The smallest absolute Gasteiger partial charge is 0.254 e. The van der Waals surface area contributed by atoms with E-state index in [0.717, 1.165) is 10.9 Å². The molecule has 2 rings (SSSR count). The summed E-state index contributed by atoms with van der Waals surface area (Å²) in [5.41, 5.74) is 1.28. The monoisotopic (exact) mass is 199 g/mol. The van der Waals surface area contributed by atoms with Gasteiger partial charge in [-0.05, 0) is 6.07 Å². The molecule has 4 nitrogen and oxygen atoms in total. The van der Waals surface area contributed by atoms with Crippen LogP contribution >= 0.6 is 0 Å². The molecule has 2 aromatic rings. The number of amides is 1. The summed E-state index contributed by atoms with van der Waals surface area (Å²) in [5.74, 6) is 2.16. The van der Waals surface area contributed by atoms with Crippen molar-refractivity contribution in [3.8, 4) is 12.3 Å². The molecule has 0 radical (unpaired) electrons. The minimum atomic E-state index is -0.192. The first-order chi connectivity index (χ1) is 7.33. The number of aromatic amines is 1. The van der Waals surface area contributed by atoms with Crippen LogP contribution in [-0.4, -0.2) is 22.6 Å². The second-order valence-corrected chi connectivity index (χ2v) is 3.03. The summed E-state index contributed by atoms with van der Waals surface area (Å²) < 4.78 is 0. The molecule has 0 atom stereocenters. The minimum Gasteiger partial charge on any atom is -0.341 e. The number of terminal acetylenes is 1. The van der Waals surface area contributed by atoms with Gasteiger partial charge in [0.1, 0.15) is 0 Å². The lowest BCUT2D eigenvalue weighted by molar-refractivity contribution is 0.0960. The number of rotatable bonds is 2. The third-order valence-corrected chi connectivity index (χ3v) is 2.07. The highest BCUT2D eigenvalue weighted by molar-refractivity contribution is 6.05. The molecule has 0 aliphatic rings. The number of para-hydroxylation sites is 1. The Kier molecular flexibility index (Phi) is 2.38. The third kappa shape index (κ3) is 1.67. The maximum Gasteiger partial charge on any atom is 0.254 e. The fourth-order valence-electron chi connectivity index (χ4n) is 1.38. The fraction of sp³-hybridized carbons (Fsp3) is 0.0909. The molecule has 0 saturated heterocycles. The van der Waals surface area contributed by atoms with Gasteiger partial charge >= 0.3 is 0 Å². The quantitative estimate of drug-likeness (QED) is 0.707. The van der Waals surface area contributed by atoms with Crippen LogP contribution in [-0.2, 0) is 0 Å². The van der Waals surface area contributed by atoms with Crippen LogP contribution in [0, 0.1) is 12.3 Å². The summed E-state index contributed by atoms with van der Waals surface area (Å²) in [6, 6.07) is 5.42. The van der Waals surface area contributed by atoms with Crippen LogP contribution in [0.5, 0.6) is 0 Å². The normalized spacial score (nSPS) is 9.80. The zero-order valence-electron chi connectivity index (χ0n) is 7.95. The van der Waals surface area contributed by atoms with E-state index in [9.17, 15) is 4.79 Å². The molecule has 0 aliphatic carbocycles. The molecular weight excluding hydrogens is 190 g/mol. The first kappa shape index (κ1) is 9.28. The van der Waals surface area contributed by atoms with Crippen molar-refractivity contribution in [3.05, 3.63) is 30.0 Å². The molecule has 0 spiro atoms. The van der Waals surface area contributed by atoms with E-state index in [0.29, 0.717) is 5.56 Å². The summed E-state index contributed by atoms with van der Waals surface area (Å²) in [4.78, 5) is 11.7. The lowest BCUT2D eigenvalue weighted by Gasteiger charge is -2.02. The van der Waals surface area contributed by atoms with E-state index in [2.05, 4.69) is 21.4 Å². The van der Waals surface area contributed by atoms with E-state index in [1.165, 1.54) is 0 Å². The van der Waals surface area contributed by atoms with E-state index >= 15 is 0 Å². The Morgan fingerprint density at radius 1 is 1.60 bits per heavy atom. The van der Waals surface area contributed by atoms with Gasteiger partial charge in [-0.3, -0.25) is 9.89 Å². The summed E-state index contributed by atoms with van der Waals surface area (Å²) in [5, 5.41) is 10.2. The van der Waals surface area contributed by atoms with Crippen molar-refractivity contribution in [2.45, 2.75) is 0 Å². The molecule has 1 heterocycles. The average Bonchev–Trinajstić information content (AvgIpc) is 2.73. The van der Waals surface area contributed by atoms with E-state index in [4.69, 9.17) is 6.42 Å². The first-order valence-corrected chi connectivity index (χ1v) is 4.46. The number of nitrogens with zero attached hydrogens (tertiary/aromatic N) is 1. The number of hydrogen-bond donors (Lipinski definition) is 2.